The minimum absolute atomic E-state index is 0.268. The van der Waals surface area contributed by atoms with Crippen LogP contribution in [0.3, 0.4) is 0 Å². The molecule has 114 valence electrons. The molecule has 2 heterocycles. The molecule has 1 N–H and O–H groups in total. The molecule has 1 saturated heterocycles. The molecular weight excluding hydrogens is 270 g/mol. The largest absolute Gasteiger partial charge is 0.383 e. The van der Waals surface area contributed by atoms with Gasteiger partial charge in [-0.3, -0.25) is 5.10 Å². The quantitative estimate of drug-likeness (QED) is 0.914. The fraction of sp³-hybridized carbons (Fsp3) is 0.533. The van der Waals surface area contributed by atoms with E-state index >= 15 is 0 Å². The molecule has 0 amide bonds. The van der Waals surface area contributed by atoms with Gasteiger partial charge in [0.05, 0.1) is 25.3 Å². The second-order valence-electron chi connectivity index (χ2n) is 5.19. The maximum absolute atomic E-state index is 5.67. The van der Waals surface area contributed by atoms with Crippen LogP contribution in [0.4, 0.5) is 5.82 Å². The van der Waals surface area contributed by atoms with Crippen molar-refractivity contribution in [2.45, 2.75) is 12.7 Å². The molecule has 0 atom stereocenters. The summed E-state index contributed by atoms with van der Waals surface area (Å²) in [7, 11) is 3.71. The zero-order valence-electron chi connectivity index (χ0n) is 12.5. The summed E-state index contributed by atoms with van der Waals surface area (Å²) in [5, 5.41) is 8.53. The van der Waals surface area contributed by atoms with Gasteiger partial charge in [0.1, 0.15) is 0 Å². The molecule has 6 heteroatoms. The minimum Gasteiger partial charge on any atom is -0.383 e. The van der Waals surface area contributed by atoms with Crippen LogP contribution in [0.2, 0.25) is 0 Å². The summed E-state index contributed by atoms with van der Waals surface area (Å²) >= 11 is 0. The Hall–Kier alpha value is -1.63. The first-order valence-corrected chi connectivity index (χ1v) is 7.21. The van der Waals surface area contributed by atoms with Gasteiger partial charge < -0.3 is 19.1 Å². The first kappa shape index (κ1) is 14.3. The molecule has 0 spiro atoms. The summed E-state index contributed by atoms with van der Waals surface area (Å²) in [4.78, 5) is 2.08. The predicted molar refractivity (Wildman–Crippen MR) is 80.5 cm³/mol. The lowest BCUT2D eigenvalue weighted by Gasteiger charge is -2.23. The van der Waals surface area contributed by atoms with Crippen LogP contribution in [0.25, 0.3) is 10.9 Å². The molecule has 0 saturated carbocycles. The first-order chi connectivity index (χ1) is 10.3. The van der Waals surface area contributed by atoms with E-state index in [9.17, 15) is 0 Å². The van der Waals surface area contributed by atoms with E-state index in [2.05, 4.69) is 21.2 Å². The van der Waals surface area contributed by atoms with E-state index in [1.807, 2.05) is 19.2 Å². The Balaban J connectivity index is 1.88. The van der Waals surface area contributed by atoms with Crippen LogP contribution in [0.1, 0.15) is 18.3 Å². The summed E-state index contributed by atoms with van der Waals surface area (Å²) in [6.07, 6.45) is 0.685. The third kappa shape index (κ3) is 3.02. The molecule has 1 fully saturated rings. The summed E-state index contributed by atoms with van der Waals surface area (Å²) in [5.41, 5.74) is 2.04. The summed E-state index contributed by atoms with van der Waals surface area (Å²) in [6.45, 7) is 2.94. The van der Waals surface area contributed by atoms with Crippen LogP contribution in [0, 0.1) is 0 Å². The third-order valence-electron chi connectivity index (χ3n) is 3.66. The number of anilines is 1. The van der Waals surface area contributed by atoms with Gasteiger partial charge >= 0.3 is 0 Å². The van der Waals surface area contributed by atoms with Crippen molar-refractivity contribution in [3.8, 4) is 0 Å². The van der Waals surface area contributed by atoms with Crippen LogP contribution in [-0.4, -0.2) is 50.7 Å². The number of aromatic amines is 1. The first-order valence-electron chi connectivity index (χ1n) is 7.21. The number of H-pyrrole nitrogens is 1. The Morgan fingerprint density at radius 1 is 1.38 bits per heavy atom. The normalized spacial score (nSPS) is 16.5. The van der Waals surface area contributed by atoms with Gasteiger partial charge in [0.15, 0.2) is 12.1 Å². The number of nitrogens with one attached hydrogen (secondary N) is 1. The molecule has 0 aliphatic carbocycles. The van der Waals surface area contributed by atoms with Gasteiger partial charge in [-0.1, -0.05) is 6.07 Å². The van der Waals surface area contributed by atoms with Gasteiger partial charge in [-0.05, 0) is 18.6 Å². The average Bonchev–Trinajstić information content (AvgIpc) is 2.96. The van der Waals surface area contributed by atoms with Crippen molar-refractivity contribution in [2.75, 3.05) is 45.4 Å². The monoisotopic (exact) mass is 291 g/mol. The van der Waals surface area contributed by atoms with Crippen LogP contribution < -0.4 is 4.90 Å². The fourth-order valence-electron chi connectivity index (χ4n) is 2.47. The van der Waals surface area contributed by atoms with E-state index < -0.39 is 0 Å². The van der Waals surface area contributed by atoms with Crippen LogP contribution >= 0.6 is 0 Å². The molecule has 21 heavy (non-hydrogen) atoms. The molecule has 1 aromatic carbocycles. The van der Waals surface area contributed by atoms with Gasteiger partial charge in [-0.2, -0.15) is 5.10 Å². The Morgan fingerprint density at radius 3 is 2.95 bits per heavy atom. The van der Waals surface area contributed by atoms with Crippen molar-refractivity contribution in [1.29, 1.82) is 0 Å². The van der Waals surface area contributed by atoms with Crippen molar-refractivity contribution in [3.63, 3.8) is 0 Å². The smallest absolute Gasteiger partial charge is 0.183 e. The van der Waals surface area contributed by atoms with Gasteiger partial charge in [0, 0.05) is 31.7 Å². The zero-order valence-corrected chi connectivity index (χ0v) is 12.5. The van der Waals surface area contributed by atoms with Crippen molar-refractivity contribution < 1.29 is 14.2 Å². The highest BCUT2D eigenvalue weighted by Crippen LogP contribution is 2.29. The van der Waals surface area contributed by atoms with Crippen LogP contribution in [0.15, 0.2) is 18.2 Å². The molecule has 0 radical (unpaired) electrons. The van der Waals surface area contributed by atoms with Gasteiger partial charge in [-0.25, -0.2) is 0 Å². The van der Waals surface area contributed by atoms with Crippen molar-refractivity contribution in [3.05, 3.63) is 23.8 Å². The number of benzene rings is 1. The van der Waals surface area contributed by atoms with E-state index in [0.717, 1.165) is 48.5 Å². The van der Waals surface area contributed by atoms with Crippen molar-refractivity contribution in [1.82, 2.24) is 10.2 Å². The molecule has 6 nitrogen and oxygen atoms in total. The lowest BCUT2D eigenvalue weighted by Crippen LogP contribution is -2.22. The number of nitrogens with zero attached hydrogens (tertiary/aromatic N) is 2. The molecule has 1 aliphatic heterocycles. The van der Waals surface area contributed by atoms with Crippen LogP contribution in [0.5, 0.6) is 0 Å². The number of aromatic nitrogens is 2. The number of likely N-dealkylation sites (N-methyl/N-ethyl adjacent to an activating group) is 1. The van der Waals surface area contributed by atoms with Gasteiger partial charge in [0.25, 0.3) is 0 Å². The van der Waals surface area contributed by atoms with Crippen molar-refractivity contribution >= 4 is 16.7 Å². The number of hydrogen-bond donors (Lipinski definition) is 1. The number of hydrogen-bond acceptors (Lipinski definition) is 5. The maximum Gasteiger partial charge on any atom is 0.183 e. The molecule has 1 aliphatic rings. The predicted octanol–water partition coefficient (Wildman–Crippen LogP) is 2.08. The van der Waals surface area contributed by atoms with E-state index in [0.29, 0.717) is 6.61 Å². The third-order valence-corrected chi connectivity index (χ3v) is 3.66. The lowest BCUT2D eigenvalue weighted by atomic mass is 10.1. The van der Waals surface area contributed by atoms with E-state index in [1.54, 1.807) is 7.11 Å². The highest BCUT2D eigenvalue weighted by Gasteiger charge is 2.18. The summed E-state index contributed by atoms with van der Waals surface area (Å²) < 4.78 is 16.5. The Labute approximate surface area is 124 Å². The molecule has 2 aromatic rings. The maximum atomic E-state index is 5.67. The number of ether oxygens (including phenoxy) is 3. The summed E-state index contributed by atoms with van der Waals surface area (Å²) in [6, 6.07) is 6.13. The van der Waals surface area contributed by atoms with Crippen molar-refractivity contribution in [2.24, 2.45) is 0 Å². The Bertz CT molecular complexity index is 593. The zero-order chi connectivity index (χ0) is 14.7. The highest BCUT2D eigenvalue weighted by atomic mass is 16.7. The molecule has 0 unspecified atom stereocenters. The van der Waals surface area contributed by atoms with E-state index in [-0.39, 0.29) is 6.29 Å². The second kappa shape index (κ2) is 6.43. The second-order valence-corrected chi connectivity index (χ2v) is 5.19. The van der Waals surface area contributed by atoms with E-state index in [1.165, 1.54) is 0 Å². The molecular formula is C15H21N3O3. The highest BCUT2D eigenvalue weighted by molar-refractivity contribution is 5.90. The Kier molecular flexibility index (Phi) is 4.38. The number of fused-ring (bicyclic) bond motifs is 1. The fourth-order valence-corrected chi connectivity index (χ4v) is 2.47. The summed E-state index contributed by atoms with van der Waals surface area (Å²) in [5.74, 6) is 0.916. The lowest BCUT2D eigenvalue weighted by molar-refractivity contribution is -0.182. The SMILES string of the molecule is COCCN(C)c1n[nH]c2ccc(C3OCCCO3)cc12. The van der Waals surface area contributed by atoms with Crippen LogP contribution in [-0.2, 0) is 14.2 Å². The van der Waals surface area contributed by atoms with E-state index in [4.69, 9.17) is 14.2 Å². The molecule has 3 rings (SSSR count). The molecule has 1 aromatic heterocycles. The average molecular weight is 291 g/mol. The molecule has 0 bridgehead atoms. The van der Waals surface area contributed by atoms with Gasteiger partial charge in [-0.15, -0.1) is 0 Å². The number of rotatable bonds is 5. The number of methoxy groups -OCH3 is 1. The standard InChI is InChI=1S/C15H21N3O3/c1-18(6-9-19-2)14-12-10-11(4-5-13(12)16-17-14)15-20-7-3-8-21-15/h4-5,10,15H,3,6-9H2,1-2H3,(H,16,17). The minimum atomic E-state index is -0.268. The van der Waals surface area contributed by atoms with Gasteiger partial charge in [0.2, 0.25) is 0 Å². The Morgan fingerprint density at radius 2 is 2.19 bits per heavy atom. The topological polar surface area (TPSA) is 59.6 Å².